The number of rotatable bonds is 3. The molecule has 1 aromatic heterocycles. The van der Waals surface area contributed by atoms with Crippen LogP contribution in [0.25, 0.3) is 11.0 Å². The molecule has 0 radical (unpaired) electrons. The van der Waals surface area contributed by atoms with Gasteiger partial charge in [-0.3, -0.25) is 14.4 Å². The number of carbonyl (C=O) groups excluding carboxylic acids is 3. The van der Waals surface area contributed by atoms with Gasteiger partial charge in [-0.05, 0) is 73.5 Å². The van der Waals surface area contributed by atoms with Gasteiger partial charge in [-0.1, -0.05) is 18.2 Å². The molecular weight excluding hydrogens is 416 g/mol. The molecule has 0 atom stereocenters. The van der Waals surface area contributed by atoms with E-state index in [2.05, 4.69) is 9.97 Å². The van der Waals surface area contributed by atoms with E-state index < -0.39 is 11.8 Å². The second-order valence-corrected chi connectivity index (χ2v) is 8.03. The molecule has 1 aliphatic heterocycles. The maximum atomic E-state index is 13.0. The summed E-state index contributed by atoms with van der Waals surface area (Å²) in [6, 6.07) is 19.3. The van der Waals surface area contributed by atoms with E-state index in [1.807, 2.05) is 32.0 Å². The lowest BCUT2D eigenvalue weighted by Crippen LogP contribution is -2.30. The number of imide groups is 1. The van der Waals surface area contributed by atoms with Crippen molar-refractivity contribution >= 4 is 40.1 Å². The van der Waals surface area contributed by atoms with Crippen molar-refractivity contribution in [1.29, 1.82) is 0 Å². The summed E-state index contributed by atoms with van der Waals surface area (Å²) in [6.45, 7) is 4.02. The molecular formula is C26H20N4O3. The van der Waals surface area contributed by atoms with Gasteiger partial charge >= 0.3 is 0 Å². The second kappa shape index (κ2) is 7.63. The van der Waals surface area contributed by atoms with Crippen molar-refractivity contribution in [2.24, 2.45) is 0 Å². The number of hydrogen-bond donors (Lipinski definition) is 0. The van der Waals surface area contributed by atoms with E-state index in [0.29, 0.717) is 22.3 Å². The molecule has 0 aliphatic carbocycles. The summed E-state index contributed by atoms with van der Waals surface area (Å²) in [5.74, 6) is -1.25. The van der Waals surface area contributed by atoms with Gasteiger partial charge in [-0.2, -0.15) is 0 Å². The number of aryl methyl sites for hydroxylation is 2. The lowest BCUT2D eigenvalue weighted by Gasteiger charge is -2.19. The summed E-state index contributed by atoms with van der Waals surface area (Å²) in [5, 5.41) is 0. The van der Waals surface area contributed by atoms with Crippen molar-refractivity contribution in [3.63, 3.8) is 0 Å². The van der Waals surface area contributed by atoms with Gasteiger partial charge in [0, 0.05) is 18.3 Å². The Morgan fingerprint density at radius 2 is 1.36 bits per heavy atom. The van der Waals surface area contributed by atoms with Crippen LogP contribution in [0.15, 0.2) is 66.7 Å². The maximum absolute atomic E-state index is 13.0. The van der Waals surface area contributed by atoms with Crippen LogP contribution < -0.4 is 9.80 Å². The first-order valence-corrected chi connectivity index (χ1v) is 10.5. The number of para-hydroxylation sites is 2. The number of anilines is 2. The molecule has 33 heavy (non-hydrogen) atoms. The van der Waals surface area contributed by atoms with Crippen molar-refractivity contribution in [3.8, 4) is 0 Å². The molecule has 0 spiro atoms. The fourth-order valence-corrected chi connectivity index (χ4v) is 3.84. The highest BCUT2D eigenvalue weighted by Gasteiger charge is 2.40. The highest BCUT2D eigenvalue weighted by atomic mass is 16.2. The fourth-order valence-electron chi connectivity index (χ4n) is 3.84. The van der Waals surface area contributed by atoms with Gasteiger partial charge in [0.15, 0.2) is 11.4 Å². The van der Waals surface area contributed by atoms with E-state index in [4.69, 9.17) is 0 Å². The summed E-state index contributed by atoms with van der Waals surface area (Å²) in [4.78, 5) is 50.2. The van der Waals surface area contributed by atoms with Gasteiger partial charge < -0.3 is 4.90 Å². The van der Waals surface area contributed by atoms with Crippen LogP contribution in [-0.4, -0.2) is 34.7 Å². The third-order valence-corrected chi connectivity index (χ3v) is 5.94. The van der Waals surface area contributed by atoms with E-state index in [9.17, 15) is 14.4 Å². The zero-order valence-corrected chi connectivity index (χ0v) is 18.4. The van der Waals surface area contributed by atoms with Gasteiger partial charge in [0.1, 0.15) is 0 Å². The molecule has 0 saturated heterocycles. The average Bonchev–Trinajstić information content (AvgIpc) is 3.07. The van der Waals surface area contributed by atoms with Gasteiger partial charge in [0.05, 0.1) is 16.7 Å². The molecule has 1 aliphatic rings. The number of carbonyl (C=O) groups is 3. The van der Waals surface area contributed by atoms with Gasteiger partial charge in [-0.25, -0.2) is 14.9 Å². The van der Waals surface area contributed by atoms with E-state index in [0.717, 1.165) is 21.7 Å². The van der Waals surface area contributed by atoms with E-state index in [1.165, 1.54) is 0 Å². The lowest BCUT2D eigenvalue weighted by atomic mass is 10.1. The number of amides is 3. The SMILES string of the molecule is Cc1ccc(N(C)C(=O)c2ccc(N3C(=O)c4nc5ccccc5nc4C3=O)cc2)cc1C. The highest BCUT2D eigenvalue weighted by Crippen LogP contribution is 2.28. The molecule has 5 rings (SSSR count). The molecule has 0 N–H and O–H groups in total. The van der Waals surface area contributed by atoms with Crippen molar-refractivity contribution in [2.45, 2.75) is 13.8 Å². The third-order valence-electron chi connectivity index (χ3n) is 5.94. The van der Waals surface area contributed by atoms with E-state index in [1.54, 1.807) is 60.5 Å². The molecule has 0 unspecified atom stereocenters. The average molecular weight is 436 g/mol. The van der Waals surface area contributed by atoms with Crippen molar-refractivity contribution in [3.05, 3.63) is 94.8 Å². The smallest absolute Gasteiger partial charge is 0.286 e. The Morgan fingerprint density at radius 3 is 1.91 bits per heavy atom. The van der Waals surface area contributed by atoms with Crippen LogP contribution in [0.2, 0.25) is 0 Å². The Labute approximate surface area is 190 Å². The van der Waals surface area contributed by atoms with Gasteiger partial charge in [0.2, 0.25) is 0 Å². The predicted molar refractivity (Wildman–Crippen MR) is 126 cm³/mol. The Morgan fingerprint density at radius 1 is 0.788 bits per heavy atom. The van der Waals surface area contributed by atoms with Crippen LogP contribution in [0.1, 0.15) is 42.5 Å². The van der Waals surface area contributed by atoms with Crippen molar-refractivity contribution in [1.82, 2.24) is 9.97 Å². The second-order valence-electron chi connectivity index (χ2n) is 8.03. The quantitative estimate of drug-likeness (QED) is 0.447. The first kappa shape index (κ1) is 20.5. The molecule has 0 fully saturated rings. The highest BCUT2D eigenvalue weighted by molar-refractivity contribution is 6.33. The van der Waals surface area contributed by atoms with Crippen LogP contribution in [0.3, 0.4) is 0 Å². The van der Waals surface area contributed by atoms with E-state index >= 15 is 0 Å². The largest absolute Gasteiger partial charge is 0.311 e. The third kappa shape index (κ3) is 3.34. The molecule has 0 bridgehead atoms. The number of aromatic nitrogens is 2. The summed E-state index contributed by atoms with van der Waals surface area (Å²) in [7, 11) is 1.71. The Kier molecular flexibility index (Phi) is 4.74. The lowest BCUT2D eigenvalue weighted by molar-refractivity contribution is 0.0922. The fraction of sp³-hybridized carbons (Fsp3) is 0.115. The van der Waals surface area contributed by atoms with Gasteiger partial charge in [-0.15, -0.1) is 0 Å². The minimum Gasteiger partial charge on any atom is -0.311 e. The predicted octanol–water partition coefficient (Wildman–Crippen LogP) is 4.32. The number of fused-ring (bicyclic) bond motifs is 2. The van der Waals surface area contributed by atoms with Crippen molar-refractivity contribution < 1.29 is 14.4 Å². The summed E-state index contributed by atoms with van der Waals surface area (Å²) < 4.78 is 0. The molecule has 162 valence electrons. The van der Waals surface area contributed by atoms with Crippen LogP contribution in [0.4, 0.5) is 11.4 Å². The van der Waals surface area contributed by atoms with Crippen LogP contribution in [0.5, 0.6) is 0 Å². The molecule has 3 aromatic carbocycles. The molecule has 2 heterocycles. The molecule has 7 nitrogen and oxygen atoms in total. The summed E-state index contributed by atoms with van der Waals surface area (Å²) in [5.41, 5.74) is 5.02. The van der Waals surface area contributed by atoms with Gasteiger partial charge in [0.25, 0.3) is 17.7 Å². The summed E-state index contributed by atoms with van der Waals surface area (Å²) >= 11 is 0. The Balaban J connectivity index is 1.42. The van der Waals surface area contributed by atoms with Crippen LogP contribution in [0, 0.1) is 13.8 Å². The zero-order valence-electron chi connectivity index (χ0n) is 18.4. The van der Waals surface area contributed by atoms with Crippen LogP contribution >= 0.6 is 0 Å². The Bertz CT molecular complexity index is 1410. The number of nitrogens with zero attached hydrogens (tertiary/aromatic N) is 4. The normalized spacial score (nSPS) is 12.9. The monoisotopic (exact) mass is 436 g/mol. The van der Waals surface area contributed by atoms with Crippen molar-refractivity contribution in [2.75, 3.05) is 16.8 Å². The standard InChI is InChI=1S/C26H20N4O3/c1-15-8-11-19(14-16(15)2)29(3)24(31)17-9-12-18(13-10-17)30-25(32)22-23(26(30)33)28-21-7-5-4-6-20(21)27-22/h4-14H,1-3H3. The molecule has 0 saturated carbocycles. The molecule has 4 aromatic rings. The topological polar surface area (TPSA) is 83.5 Å². The number of hydrogen-bond acceptors (Lipinski definition) is 5. The first-order valence-electron chi connectivity index (χ1n) is 10.5. The zero-order chi connectivity index (χ0) is 23.3. The molecule has 7 heteroatoms. The van der Waals surface area contributed by atoms with E-state index in [-0.39, 0.29) is 17.3 Å². The first-order chi connectivity index (χ1) is 15.8. The Hall–Kier alpha value is -4.39. The number of benzene rings is 3. The summed E-state index contributed by atoms with van der Waals surface area (Å²) in [6.07, 6.45) is 0. The minimum absolute atomic E-state index is 0.0355. The molecule has 3 amide bonds. The maximum Gasteiger partial charge on any atom is 0.286 e. The van der Waals surface area contributed by atoms with Crippen LogP contribution in [-0.2, 0) is 0 Å². The minimum atomic E-state index is -0.528.